The van der Waals surface area contributed by atoms with E-state index >= 15 is 0 Å². The zero-order valence-electron chi connectivity index (χ0n) is 8.56. The Kier molecular flexibility index (Phi) is 4.04. The molecule has 0 heterocycles. The van der Waals surface area contributed by atoms with Crippen LogP contribution in [0.25, 0.3) is 0 Å². The highest BCUT2D eigenvalue weighted by atomic mass is 16.5. The van der Waals surface area contributed by atoms with Gasteiger partial charge in [0.2, 0.25) is 0 Å². The Morgan fingerprint density at radius 3 is 1.91 bits per heavy atom. The minimum Gasteiger partial charge on any atom is -0.367 e. The fourth-order valence-corrected chi connectivity index (χ4v) is 0.670. The molecule has 68 valence electrons. The lowest BCUT2D eigenvalue weighted by molar-refractivity contribution is 0.0637. The SMILES string of the molecule is CO[C@H](C)NC(C)C(C)(C)C. The molecule has 0 bridgehead atoms. The molecule has 2 atom stereocenters. The number of nitrogens with one attached hydrogen (secondary N) is 1. The number of ether oxygens (including phenoxy) is 1. The minimum atomic E-state index is 0.143. The van der Waals surface area contributed by atoms with Crippen LogP contribution in [0.3, 0.4) is 0 Å². The van der Waals surface area contributed by atoms with Crippen molar-refractivity contribution in [1.29, 1.82) is 0 Å². The highest BCUT2D eigenvalue weighted by molar-refractivity contribution is 4.76. The summed E-state index contributed by atoms with van der Waals surface area (Å²) in [6.07, 6.45) is 0.143. The summed E-state index contributed by atoms with van der Waals surface area (Å²) in [5.41, 5.74) is 0.298. The molecule has 0 aliphatic heterocycles. The molecule has 0 radical (unpaired) electrons. The smallest absolute Gasteiger partial charge is 0.105 e. The third-order valence-electron chi connectivity index (χ3n) is 2.14. The Labute approximate surface area is 70.3 Å². The fraction of sp³-hybridized carbons (Fsp3) is 1.00. The normalized spacial score (nSPS) is 18.0. The highest BCUT2D eigenvalue weighted by Gasteiger charge is 2.20. The monoisotopic (exact) mass is 159 g/mol. The van der Waals surface area contributed by atoms with E-state index in [1.807, 2.05) is 6.92 Å². The van der Waals surface area contributed by atoms with Gasteiger partial charge in [0, 0.05) is 13.2 Å². The third kappa shape index (κ3) is 4.38. The van der Waals surface area contributed by atoms with E-state index in [-0.39, 0.29) is 6.23 Å². The van der Waals surface area contributed by atoms with Gasteiger partial charge in [-0.05, 0) is 19.3 Å². The topological polar surface area (TPSA) is 21.3 Å². The molecule has 0 amide bonds. The second kappa shape index (κ2) is 4.07. The van der Waals surface area contributed by atoms with Crippen molar-refractivity contribution in [3.63, 3.8) is 0 Å². The van der Waals surface area contributed by atoms with E-state index in [0.29, 0.717) is 11.5 Å². The first-order valence-corrected chi connectivity index (χ1v) is 4.16. The van der Waals surface area contributed by atoms with E-state index in [1.54, 1.807) is 7.11 Å². The molecular weight excluding hydrogens is 138 g/mol. The van der Waals surface area contributed by atoms with Crippen LogP contribution in [0, 0.1) is 5.41 Å². The molecule has 0 aromatic heterocycles. The Hall–Kier alpha value is -0.0800. The van der Waals surface area contributed by atoms with Crippen molar-refractivity contribution in [3.8, 4) is 0 Å². The standard InChI is InChI=1S/C9H21NO/c1-7(9(3,4)5)10-8(2)11-6/h7-8,10H,1-6H3/t7?,8-/m1/s1. The van der Waals surface area contributed by atoms with Gasteiger partial charge in [-0.2, -0.15) is 0 Å². The third-order valence-corrected chi connectivity index (χ3v) is 2.14. The van der Waals surface area contributed by atoms with E-state index < -0.39 is 0 Å². The van der Waals surface area contributed by atoms with E-state index in [4.69, 9.17) is 4.74 Å². The van der Waals surface area contributed by atoms with Crippen molar-refractivity contribution >= 4 is 0 Å². The molecule has 0 aromatic carbocycles. The van der Waals surface area contributed by atoms with Gasteiger partial charge in [-0.25, -0.2) is 0 Å². The zero-order chi connectivity index (χ0) is 9.07. The van der Waals surface area contributed by atoms with E-state index in [0.717, 1.165) is 0 Å². The molecular formula is C9H21NO. The van der Waals surface area contributed by atoms with Gasteiger partial charge >= 0.3 is 0 Å². The first-order chi connectivity index (χ1) is 4.88. The lowest BCUT2D eigenvalue weighted by Crippen LogP contribution is -2.43. The van der Waals surface area contributed by atoms with Gasteiger partial charge in [-0.3, -0.25) is 5.32 Å². The Morgan fingerprint density at radius 1 is 1.18 bits per heavy atom. The van der Waals surface area contributed by atoms with Crippen molar-refractivity contribution in [1.82, 2.24) is 5.32 Å². The van der Waals surface area contributed by atoms with Crippen molar-refractivity contribution in [2.24, 2.45) is 5.41 Å². The maximum Gasteiger partial charge on any atom is 0.105 e. The van der Waals surface area contributed by atoms with Crippen LogP contribution in [0.1, 0.15) is 34.6 Å². The summed E-state index contributed by atoms with van der Waals surface area (Å²) in [5.74, 6) is 0. The fourth-order valence-electron chi connectivity index (χ4n) is 0.670. The first kappa shape index (κ1) is 10.9. The number of hydrogen-bond donors (Lipinski definition) is 1. The Bertz CT molecular complexity index is 107. The van der Waals surface area contributed by atoms with E-state index in [2.05, 4.69) is 33.0 Å². The molecule has 1 N–H and O–H groups in total. The number of methoxy groups -OCH3 is 1. The molecule has 1 unspecified atom stereocenters. The summed E-state index contributed by atoms with van der Waals surface area (Å²) in [4.78, 5) is 0. The average Bonchev–Trinajstić information content (AvgIpc) is 1.85. The second-order valence-electron chi connectivity index (χ2n) is 4.13. The summed E-state index contributed by atoms with van der Waals surface area (Å²) in [5, 5.41) is 3.35. The molecule has 0 spiro atoms. The maximum absolute atomic E-state index is 5.10. The lowest BCUT2D eigenvalue weighted by atomic mass is 9.88. The van der Waals surface area contributed by atoms with Crippen molar-refractivity contribution in [2.45, 2.75) is 46.9 Å². The summed E-state index contributed by atoms with van der Waals surface area (Å²) in [6, 6.07) is 0.470. The lowest BCUT2D eigenvalue weighted by Gasteiger charge is -2.30. The van der Waals surface area contributed by atoms with Crippen LogP contribution in [0.2, 0.25) is 0 Å². The van der Waals surface area contributed by atoms with Gasteiger partial charge < -0.3 is 4.74 Å². The predicted octanol–water partition coefficient (Wildman–Crippen LogP) is 2.00. The van der Waals surface area contributed by atoms with Crippen molar-refractivity contribution in [2.75, 3.05) is 7.11 Å². The maximum atomic E-state index is 5.10. The zero-order valence-corrected chi connectivity index (χ0v) is 8.56. The molecule has 0 saturated heterocycles. The Balaban J connectivity index is 3.77. The number of hydrogen-bond acceptors (Lipinski definition) is 2. The van der Waals surface area contributed by atoms with Gasteiger partial charge in [0.15, 0.2) is 0 Å². The van der Waals surface area contributed by atoms with Crippen LogP contribution in [-0.2, 0) is 4.74 Å². The van der Waals surface area contributed by atoms with Crippen LogP contribution in [0.5, 0.6) is 0 Å². The molecule has 0 aromatic rings. The predicted molar refractivity (Wildman–Crippen MR) is 48.5 cm³/mol. The van der Waals surface area contributed by atoms with Crippen LogP contribution < -0.4 is 5.32 Å². The van der Waals surface area contributed by atoms with Gasteiger partial charge in [0.1, 0.15) is 6.23 Å². The summed E-state index contributed by atoms with van der Waals surface area (Å²) in [7, 11) is 1.72. The van der Waals surface area contributed by atoms with Crippen LogP contribution in [0.4, 0.5) is 0 Å². The molecule has 0 aliphatic rings. The van der Waals surface area contributed by atoms with Crippen molar-refractivity contribution < 1.29 is 4.74 Å². The van der Waals surface area contributed by atoms with Gasteiger partial charge in [0.05, 0.1) is 0 Å². The summed E-state index contributed by atoms with van der Waals surface area (Å²) < 4.78 is 5.10. The summed E-state index contributed by atoms with van der Waals surface area (Å²) in [6.45, 7) is 10.8. The molecule has 0 aliphatic carbocycles. The molecule has 0 saturated carbocycles. The highest BCUT2D eigenvalue weighted by Crippen LogP contribution is 2.18. The summed E-state index contributed by atoms with van der Waals surface area (Å²) >= 11 is 0. The molecule has 11 heavy (non-hydrogen) atoms. The molecule has 2 heteroatoms. The average molecular weight is 159 g/mol. The Morgan fingerprint density at radius 2 is 1.64 bits per heavy atom. The largest absolute Gasteiger partial charge is 0.367 e. The van der Waals surface area contributed by atoms with E-state index in [9.17, 15) is 0 Å². The van der Waals surface area contributed by atoms with Crippen LogP contribution in [-0.4, -0.2) is 19.4 Å². The van der Waals surface area contributed by atoms with Crippen LogP contribution in [0.15, 0.2) is 0 Å². The molecule has 2 nitrogen and oxygen atoms in total. The van der Waals surface area contributed by atoms with Gasteiger partial charge in [0.25, 0.3) is 0 Å². The molecule has 0 fully saturated rings. The number of rotatable bonds is 3. The quantitative estimate of drug-likeness (QED) is 0.636. The minimum absolute atomic E-state index is 0.143. The van der Waals surface area contributed by atoms with Gasteiger partial charge in [-0.15, -0.1) is 0 Å². The second-order valence-corrected chi connectivity index (χ2v) is 4.13. The first-order valence-electron chi connectivity index (χ1n) is 4.16. The molecule has 0 rings (SSSR count). The van der Waals surface area contributed by atoms with Crippen LogP contribution >= 0.6 is 0 Å². The van der Waals surface area contributed by atoms with Gasteiger partial charge in [-0.1, -0.05) is 20.8 Å². The van der Waals surface area contributed by atoms with Crippen molar-refractivity contribution in [3.05, 3.63) is 0 Å². The van der Waals surface area contributed by atoms with E-state index in [1.165, 1.54) is 0 Å².